The summed E-state index contributed by atoms with van der Waals surface area (Å²) in [5.41, 5.74) is 7.71. The smallest absolute Gasteiger partial charge is 0.145 e. The van der Waals surface area contributed by atoms with E-state index in [1.807, 2.05) is 13.0 Å². The molecule has 2 N–H and O–H groups in total. The summed E-state index contributed by atoms with van der Waals surface area (Å²) < 4.78 is 6.57. The summed E-state index contributed by atoms with van der Waals surface area (Å²) in [5.74, 6) is 0.866. The van der Waals surface area contributed by atoms with Crippen molar-refractivity contribution in [1.82, 2.24) is 0 Å². The van der Waals surface area contributed by atoms with E-state index in [1.165, 1.54) is 5.56 Å². The summed E-state index contributed by atoms with van der Waals surface area (Å²) >= 11 is 3.40. The van der Waals surface area contributed by atoms with Gasteiger partial charge in [0.25, 0.3) is 0 Å². The third-order valence-corrected chi connectivity index (χ3v) is 2.44. The molecule has 0 spiro atoms. The number of anilines is 1. The standard InChI is InChI=1S/C9H10BrNO/c1-5-2-6-3-7(10)4-8(11)9(6)12-5/h3-5H,2,11H2,1H3. The number of ether oxygens (including phenoxy) is 1. The number of nitrogen functional groups attached to an aromatic ring is 1. The van der Waals surface area contributed by atoms with Gasteiger partial charge in [0.05, 0.1) is 5.69 Å². The molecule has 0 aliphatic carbocycles. The van der Waals surface area contributed by atoms with Gasteiger partial charge >= 0.3 is 0 Å². The Morgan fingerprint density at radius 1 is 1.58 bits per heavy atom. The maximum absolute atomic E-state index is 5.78. The Balaban J connectivity index is 2.52. The van der Waals surface area contributed by atoms with Gasteiger partial charge in [-0.2, -0.15) is 0 Å². The highest BCUT2D eigenvalue weighted by atomic mass is 79.9. The molecule has 1 atom stereocenters. The van der Waals surface area contributed by atoms with Crippen LogP contribution in [0, 0.1) is 0 Å². The average molecular weight is 228 g/mol. The molecular formula is C9H10BrNO. The van der Waals surface area contributed by atoms with Gasteiger partial charge in [0, 0.05) is 16.5 Å². The van der Waals surface area contributed by atoms with Gasteiger partial charge in [-0.3, -0.25) is 0 Å². The number of halogens is 1. The van der Waals surface area contributed by atoms with Crippen molar-refractivity contribution >= 4 is 21.6 Å². The maximum atomic E-state index is 5.78. The minimum absolute atomic E-state index is 0.261. The Kier molecular flexibility index (Phi) is 1.76. The SMILES string of the molecule is CC1Cc2cc(Br)cc(N)c2O1. The van der Waals surface area contributed by atoms with Crippen molar-refractivity contribution in [3.63, 3.8) is 0 Å². The number of nitrogens with two attached hydrogens (primary N) is 1. The van der Waals surface area contributed by atoms with Crippen LogP contribution in [0.3, 0.4) is 0 Å². The van der Waals surface area contributed by atoms with Crippen molar-refractivity contribution in [3.05, 3.63) is 22.2 Å². The van der Waals surface area contributed by atoms with Gasteiger partial charge in [0.15, 0.2) is 0 Å². The predicted octanol–water partition coefficient (Wildman–Crippen LogP) is 2.35. The molecule has 0 aromatic heterocycles. The molecule has 0 bridgehead atoms. The van der Waals surface area contributed by atoms with Crippen LogP contribution in [0.5, 0.6) is 5.75 Å². The molecule has 0 saturated heterocycles. The largest absolute Gasteiger partial charge is 0.488 e. The number of fused-ring (bicyclic) bond motifs is 1. The second kappa shape index (κ2) is 2.66. The fourth-order valence-electron chi connectivity index (χ4n) is 1.52. The zero-order valence-electron chi connectivity index (χ0n) is 6.80. The van der Waals surface area contributed by atoms with Crippen molar-refractivity contribution in [2.24, 2.45) is 0 Å². The molecule has 1 heterocycles. The molecule has 0 fully saturated rings. The number of hydrogen-bond donors (Lipinski definition) is 1. The molecule has 3 heteroatoms. The predicted molar refractivity (Wildman–Crippen MR) is 52.3 cm³/mol. The summed E-state index contributed by atoms with van der Waals surface area (Å²) in [6, 6.07) is 3.94. The second-order valence-electron chi connectivity index (χ2n) is 3.12. The van der Waals surface area contributed by atoms with Gasteiger partial charge in [-0.1, -0.05) is 15.9 Å². The highest BCUT2D eigenvalue weighted by molar-refractivity contribution is 9.10. The van der Waals surface area contributed by atoms with Crippen LogP contribution < -0.4 is 10.5 Å². The summed E-state index contributed by atoms with van der Waals surface area (Å²) in [5, 5.41) is 0. The normalized spacial score (nSPS) is 20.3. The van der Waals surface area contributed by atoms with Crippen molar-refractivity contribution in [2.75, 3.05) is 5.73 Å². The molecular weight excluding hydrogens is 218 g/mol. The quantitative estimate of drug-likeness (QED) is 0.691. The second-order valence-corrected chi connectivity index (χ2v) is 4.03. The lowest BCUT2D eigenvalue weighted by atomic mass is 10.1. The molecule has 1 aromatic rings. The van der Waals surface area contributed by atoms with Crippen molar-refractivity contribution in [2.45, 2.75) is 19.4 Å². The minimum Gasteiger partial charge on any atom is -0.488 e. The fourth-order valence-corrected chi connectivity index (χ4v) is 2.04. The Hall–Kier alpha value is -0.700. The first-order valence-corrected chi connectivity index (χ1v) is 4.70. The van der Waals surface area contributed by atoms with Crippen LogP contribution in [0.25, 0.3) is 0 Å². The number of benzene rings is 1. The zero-order chi connectivity index (χ0) is 8.72. The van der Waals surface area contributed by atoms with Crippen molar-refractivity contribution < 1.29 is 4.74 Å². The summed E-state index contributed by atoms with van der Waals surface area (Å²) in [4.78, 5) is 0. The molecule has 1 unspecified atom stereocenters. The van der Waals surface area contributed by atoms with E-state index in [-0.39, 0.29) is 6.10 Å². The Bertz CT molecular complexity index is 325. The van der Waals surface area contributed by atoms with Crippen LogP contribution in [-0.4, -0.2) is 6.10 Å². The van der Waals surface area contributed by atoms with Gasteiger partial charge in [-0.15, -0.1) is 0 Å². The van der Waals surface area contributed by atoms with Gasteiger partial charge in [-0.05, 0) is 19.1 Å². The van der Waals surface area contributed by atoms with Crippen LogP contribution in [-0.2, 0) is 6.42 Å². The zero-order valence-corrected chi connectivity index (χ0v) is 8.39. The molecule has 12 heavy (non-hydrogen) atoms. The summed E-state index contributed by atoms with van der Waals surface area (Å²) in [7, 11) is 0. The topological polar surface area (TPSA) is 35.2 Å². The molecule has 1 aliphatic heterocycles. The van der Waals surface area contributed by atoms with E-state index in [0.717, 1.165) is 22.3 Å². The molecule has 64 valence electrons. The molecule has 2 nitrogen and oxygen atoms in total. The van der Waals surface area contributed by atoms with Crippen molar-refractivity contribution in [1.29, 1.82) is 0 Å². The van der Waals surface area contributed by atoms with Crippen molar-refractivity contribution in [3.8, 4) is 5.75 Å². The fraction of sp³-hybridized carbons (Fsp3) is 0.333. The van der Waals surface area contributed by atoms with Crippen LogP contribution in [0.2, 0.25) is 0 Å². The molecule has 0 saturated carbocycles. The van der Waals surface area contributed by atoms with E-state index in [9.17, 15) is 0 Å². The first-order chi connectivity index (χ1) is 5.66. The lowest BCUT2D eigenvalue weighted by Gasteiger charge is -2.05. The first-order valence-electron chi connectivity index (χ1n) is 3.91. The van der Waals surface area contributed by atoms with Crippen LogP contribution in [0.4, 0.5) is 5.69 Å². The van der Waals surface area contributed by atoms with Gasteiger partial charge in [0.1, 0.15) is 11.9 Å². The number of rotatable bonds is 0. The third-order valence-electron chi connectivity index (χ3n) is 1.99. The van der Waals surface area contributed by atoms with E-state index >= 15 is 0 Å². The summed E-state index contributed by atoms with van der Waals surface area (Å²) in [6.07, 6.45) is 1.22. The van der Waals surface area contributed by atoms with E-state index < -0.39 is 0 Å². The molecule has 1 aliphatic rings. The van der Waals surface area contributed by atoms with Crippen LogP contribution in [0.1, 0.15) is 12.5 Å². The van der Waals surface area contributed by atoms with E-state index in [0.29, 0.717) is 0 Å². The van der Waals surface area contributed by atoms with E-state index in [4.69, 9.17) is 10.5 Å². The van der Waals surface area contributed by atoms with Crippen LogP contribution >= 0.6 is 15.9 Å². The Morgan fingerprint density at radius 3 is 3.08 bits per heavy atom. The van der Waals surface area contributed by atoms with E-state index in [2.05, 4.69) is 22.0 Å². The molecule has 2 rings (SSSR count). The van der Waals surface area contributed by atoms with Gasteiger partial charge < -0.3 is 10.5 Å². The first kappa shape index (κ1) is 7.92. The monoisotopic (exact) mass is 227 g/mol. The molecule has 1 aromatic carbocycles. The lowest BCUT2D eigenvalue weighted by molar-refractivity contribution is 0.256. The van der Waals surface area contributed by atoms with Gasteiger partial charge in [0.2, 0.25) is 0 Å². The number of hydrogen-bond acceptors (Lipinski definition) is 2. The Morgan fingerprint density at radius 2 is 2.33 bits per heavy atom. The Labute approximate surface area is 79.8 Å². The van der Waals surface area contributed by atoms with E-state index in [1.54, 1.807) is 0 Å². The molecule has 0 amide bonds. The van der Waals surface area contributed by atoms with Gasteiger partial charge in [-0.25, -0.2) is 0 Å². The minimum atomic E-state index is 0.261. The highest BCUT2D eigenvalue weighted by Gasteiger charge is 2.21. The third kappa shape index (κ3) is 1.18. The molecule has 0 radical (unpaired) electrons. The maximum Gasteiger partial charge on any atom is 0.145 e. The highest BCUT2D eigenvalue weighted by Crippen LogP contribution is 2.36. The summed E-state index contributed by atoms with van der Waals surface area (Å²) in [6.45, 7) is 2.05. The lowest BCUT2D eigenvalue weighted by Crippen LogP contribution is -2.05. The average Bonchev–Trinajstić information content (AvgIpc) is 2.29. The van der Waals surface area contributed by atoms with Crippen LogP contribution in [0.15, 0.2) is 16.6 Å².